The van der Waals surface area contributed by atoms with E-state index >= 15 is 0 Å². The fourth-order valence-corrected chi connectivity index (χ4v) is 2.57. The molecule has 4 rings (SSSR count). The Hall–Kier alpha value is -2.34. The van der Waals surface area contributed by atoms with Crippen LogP contribution in [0.25, 0.3) is 22.6 Å². The average Bonchev–Trinajstić information content (AvgIpc) is 3.16. The van der Waals surface area contributed by atoms with Gasteiger partial charge in [0.15, 0.2) is 11.6 Å². The number of aromatic amines is 1. The summed E-state index contributed by atoms with van der Waals surface area (Å²) in [6, 6.07) is 10.1. The second-order valence-corrected chi connectivity index (χ2v) is 5.13. The Morgan fingerprint density at radius 3 is 3.05 bits per heavy atom. The fraction of sp³-hybridized carbons (Fsp3) is 0.286. The smallest absolute Gasteiger partial charge is 0.245 e. The van der Waals surface area contributed by atoms with Crippen LogP contribution in [0.5, 0.6) is 0 Å². The van der Waals surface area contributed by atoms with Gasteiger partial charge in [0, 0.05) is 24.5 Å². The van der Waals surface area contributed by atoms with E-state index in [0.29, 0.717) is 17.5 Å². The van der Waals surface area contributed by atoms with Crippen molar-refractivity contribution in [2.45, 2.75) is 12.5 Å². The lowest BCUT2D eigenvalue weighted by molar-refractivity contribution is 0.625. The van der Waals surface area contributed by atoms with Crippen LogP contribution in [0.3, 0.4) is 0 Å². The molecule has 6 nitrogen and oxygen atoms in total. The molecule has 2 aromatic heterocycles. The number of nitrogens with zero attached hydrogens (tertiary/aromatic N) is 3. The van der Waals surface area contributed by atoms with E-state index < -0.39 is 0 Å². The minimum atomic E-state index is 0.211. The van der Waals surface area contributed by atoms with Gasteiger partial charge in [-0.3, -0.25) is 5.10 Å². The average molecular weight is 269 g/mol. The van der Waals surface area contributed by atoms with E-state index in [9.17, 15) is 0 Å². The largest absolute Gasteiger partial charge is 0.453 e. The lowest BCUT2D eigenvalue weighted by atomic mass is 10.2. The number of H-pyrrole nitrogens is 1. The van der Waals surface area contributed by atoms with E-state index in [-0.39, 0.29) is 6.04 Å². The van der Waals surface area contributed by atoms with E-state index in [1.54, 1.807) is 0 Å². The molecule has 0 saturated carbocycles. The first-order valence-electron chi connectivity index (χ1n) is 6.71. The van der Waals surface area contributed by atoms with Crippen molar-refractivity contribution in [2.75, 3.05) is 18.0 Å². The van der Waals surface area contributed by atoms with Crippen molar-refractivity contribution >= 4 is 16.9 Å². The highest BCUT2D eigenvalue weighted by atomic mass is 16.3. The molecule has 3 aromatic rings. The van der Waals surface area contributed by atoms with Crippen LogP contribution >= 0.6 is 0 Å². The molecule has 1 aliphatic rings. The summed E-state index contributed by atoms with van der Waals surface area (Å²) in [5, 5.41) is 8.25. The quantitative estimate of drug-likeness (QED) is 0.740. The third-order valence-electron chi connectivity index (χ3n) is 3.64. The summed E-state index contributed by atoms with van der Waals surface area (Å²) in [6.45, 7) is 1.70. The molecule has 0 radical (unpaired) electrons. The molecule has 20 heavy (non-hydrogen) atoms. The normalized spacial score (nSPS) is 19.1. The van der Waals surface area contributed by atoms with Crippen LogP contribution in [0.4, 0.5) is 5.95 Å². The number of anilines is 1. The SMILES string of the molecule is NC1CCN(c2n[nH]c(-c3cc4ccccc4o3)n2)C1. The molecule has 1 unspecified atom stereocenters. The van der Waals surface area contributed by atoms with E-state index in [1.165, 1.54) is 0 Å². The van der Waals surface area contributed by atoms with Crippen molar-refractivity contribution in [1.29, 1.82) is 0 Å². The minimum Gasteiger partial charge on any atom is -0.453 e. The molecule has 6 heteroatoms. The summed E-state index contributed by atoms with van der Waals surface area (Å²) in [4.78, 5) is 6.59. The van der Waals surface area contributed by atoms with Crippen molar-refractivity contribution in [3.05, 3.63) is 30.3 Å². The summed E-state index contributed by atoms with van der Waals surface area (Å²) in [5.41, 5.74) is 6.76. The zero-order valence-electron chi connectivity index (χ0n) is 10.9. The molecular formula is C14H15N5O. The second-order valence-electron chi connectivity index (χ2n) is 5.13. The number of hydrogen-bond acceptors (Lipinski definition) is 5. The molecule has 3 heterocycles. The highest BCUT2D eigenvalue weighted by Gasteiger charge is 2.23. The maximum atomic E-state index is 5.91. The third-order valence-corrected chi connectivity index (χ3v) is 3.64. The first kappa shape index (κ1) is 11.5. The first-order valence-corrected chi connectivity index (χ1v) is 6.71. The molecule has 1 fully saturated rings. The van der Waals surface area contributed by atoms with Gasteiger partial charge in [0.1, 0.15) is 5.58 Å². The molecule has 0 bridgehead atoms. The predicted molar refractivity (Wildman–Crippen MR) is 76.4 cm³/mol. The van der Waals surface area contributed by atoms with Gasteiger partial charge in [0.25, 0.3) is 0 Å². The van der Waals surface area contributed by atoms with E-state index in [1.807, 2.05) is 30.3 Å². The van der Waals surface area contributed by atoms with Gasteiger partial charge in [-0.15, -0.1) is 5.10 Å². The third kappa shape index (κ3) is 1.85. The standard InChI is InChI=1S/C14H15N5O/c15-10-5-6-19(8-10)14-16-13(17-18-14)12-7-9-3-1-2-4-11(9)20-12/h1-4,7,10H,5-6,8,15H2,(H,16,17,18). The van der Waals surface area contributed by atoms with Gasteiger partial charge in [-0.05, 0) is 18.6 Å². The Morgan fingerprint density at radius 2 is 2.25 bits per heavy atom. The maximum Gasteiger partial charge on any atom is 0.245 e. The molecule has 102 valence electrons. The van der Waals surface area contributed by atoms with Gasteiger partial charge in [-0.25, -0.2) is 0 Å². The van der Waals surface area contributed by atoms with Crippen LogP contribution in [0.15, 0.2) is 34.7 Å². The predicted octanol–water partition coefficient (Wildman–Crippen LogP) is 1.76. The Labute approximate surface area is 115 Å². The zero-order valence-corrected chi connectivity index (χ0v) is 10.9. The number of aromatic nitrogens is 3. The number of fused-ring (bicyclic) bond motifs is 1. The Bertz CT molecular complexity index is 714. The summed E-state index contributed by atoms with van der Waals surface area (Å²) in [6.07, 6.45) is 0.981. The molecule has 1 aromatic carbocycles. The number of nitrogens with one attached hydrogen (secondary N) is 1. The van der Waals surface area contributed by atoms with Crippen LogP contribution < -0.4 is 10.6 Å². The lowest BCUT2D eigenvalue weighted by Gasteiger charge is -2.11. The van der Waals surface area contributed by atoms with Gasteiger partial charge >= 0.3 is 0 Å². The summed E-state index contributed by atoms with van der Waals surface area (Å²) >= 11 is 0. The number of benzene rings is 1. The van der Waals surface area contributed by atoms with Gasteiger partial charge in [0.2, 0.25) is 5.95 Å². The number of furan rings is 1. The van der Waals surface area contributed by atoms with E-state index in [4.69, 9.17) is 10.2 Å². The Kier molecular flexibility index (Phi) is 2.50. The molecular weight excluding hydrogens is 254 g/mol. The van der Waals surface area contributed by atoms with E-state index in [2.05, 4.69) is 20.1 Å². The van der Waals surface area contributed by atoms with Crippen LogP contribution in [0.1, 0.15) is 6.42 Å². The van der Waals surface area contributed by atoms with Gasteiger partial charge in [-0.2, -0.15) is 4.98 Å². The van der Waals surface area contributed by atoms with Crippen LogP contribution in [0.2, 0.25) is 0 Å². The number of rotatable bonds is 2. The molecule has 1 aliphatic heterocycles. The first-order chi connectivity index (χ1) is 9.79. The van der Waals surface area contributed by atoms with Crippen LogP contribution in [-0.4, -0.2) is 34.3 Å². The monoisotopic (exact) mass is 269 g/mol. The number of hydrogen-bond donors (Lipinski definition) is 2. The van der Waals surface area contributed by atoms with Gasteiger partial charge in [0.05, 0.1) is 0 Å². The molecule has 0 spiro atoms. The van der Waals surface area contributed by atoms with Crippen molar-refractivity contribution in [3.63, 3.8) is 0 Å². The highest BCUT2D eigenvalue weighted by Crippen LogP contribution is 2.26. The topological polar surface area (TPSA) is 84.0 Å². The van der Waals surface area contributed by atoms with Crippen molar-refractivity contribution in [3.8, 4) is 11.6 Å². The minimum absolute atomic E-state index is 0.211. The van der Waals surface area contributed by atoms with Crippen molar-refractivity contribution in [2.24, 2.45) is 5.73 Å². The van der Waals surface area contributed by atoms with Gasteiger partial charge < -0.3 is 15.1 Å². The summed E-state index contributed by atoms with van der Waals surface area (Å²) in [7, 11) is 0. The highest BCUT2D eigenvalue weighted by molar-refractivity contribution is 5.81. The lowest BCUT2D eigenvalue weighted by Crippen LogP contribution is -2.26. The zero-order chi connectivity index (χ0) is 13.5. The summed E-state index contributed by atoms with van der Waals surface area (Å²) in [5.74, 6) is 2.04. The number of para-hydroxylation sites is 1. The molecule has 3 N–H and O–H groups in total. The van der Waals surface area contributed by atoms with Crippen LogP contribution in [0, 0.1) is 0 Å². The van der Waals surface area contributed by atoms with Crippen molar-refractivity contribution < 1.29 is 4.42 Å². The fourth-order valence-electron chi connectivity index (χ4n) is 2.57. The molecule has 1 atom stereocenters. The number of nitrogens with two attached hydrogens (primary N) is 1. The molecule has 1 saturated heterocycles. The summed E-state index contributed by atoms with van der Waals surface area (Å²) < 4.78 is 5.77. The van der Waals surface area contributed by atoms with E-state index in [0.717, 1.165) is 30.5 Å². The second kappa shape index (κ2) is 4.35. The van der Waals surface area contributed by atoms with Gasteiger partial charge in [-0.1, -0.05) is 18.2 Å². The van der Waals surface area contributed by atoms with Crippen molar-refractivity contribution in [1.82, 2.24) is 15.2 Å². The van der Waals surface area contributed by atoms with Crippen LogP contribution in [-0.2, 0) is 0 Å². The maximum absolute atomic E-state index is 5.91. The Balaban J connectivity index is 1.67. The molecule has 0 aliphatic carbocycles. The Morgan fingerprint density at radius 1 is 1.35 bits per heavy atom. The molecule has 0 amide bonds.